The summed E-state index contributed by atoms with van der Waals surface area (Å²) in [6, 6.07) is 11.9. The highest BCUT2D eigenvalue weighted by Crippen LogP contribution is 2.26. The van der Waals surface area contributed by atoms with Crippen LogP contribution in [0.4, 0.5) is 11.4 Å². The average Bonchev–Trinajstić information content (AvgIpc) is 2.66. The van der Waals surface area contributed by atoms with E-state index in [2.05, 4.69) is 26.8 Å². The Kier molecular flexibility index (Phi) is 5.70. The van der Waals surface area contributed by atoms with Crippen LogP contribution in [0.15, 0.2) is 46.9 Å². The number of aryl methyl sites for hydroxylation is 1. The van der Waals surface area contributed by atoms with Gasteiger partial charge in [0.05, 0.1) is 15.9 Å². The third-order valence-electron chi connectivity index (χ3n) is 4.26. The van der Waals surface area contributed by atoms with Gasteiger partial charge in [-0.3, -0.25) is 30.6 Å². The first-order chi connectivity index (χ1) is 13.0. The van der Waals surface area contributed by atoms with Gasteiger partial charge in [0.2, 0.25) is 0 Å². The van der Waals surface area contributed by atoms with E-state index in [0.29, 0.717) is 0 Å². The van der Waals surface area contributed by atoms with Crippen LogP contribution in [0.1, 0.15) is 22.3 Å². The Morgan fingerprint density at radius 2 is 1.96 bits per heavy atom. The molecule has 1 heterocycles. The molecule has 8 nitrogen and oxygen atoms in total. The second-order valence-corrected chi connectivity index (χ2v) is 6.93. The summed E-state index contributed by atoms with van der Waals surface area (Å²) in [5.74, 6) is -0.996. The molecule has 27 heavy (non-hydrogen) atoms. The number of hydrogen-bond acceptors (Lipinski definition) is 5. The number of nitro benzene ring substituents is 1. The van der Waals surface area contributed by atoms with Crippen molar-refractivity contribution in [3.8, 4) is 0 Å². The normalized spacial score (nSPS) is 12.9. The Morgan fingerprint density at radius 1 is 1.19 bits per heavy atom. The maximum Gasteiger partial charge on any atom is 0.284 e. The molecule has 0 aliphatic carbocycles. The minimum absolute atomic E-state index is 0.0773. The lowest BCUT2D eigenvalue weighted by Gasteiger charge is -2.30. The Bertz CT molecular complexity index is 903. The molecule has 0 aromatic heterocycles. The highest BCUT2D eigenvalue weighted by molar-refractivity contribution is 9.10. The molecule has 0 unspecified atom stereocenters. The van der Waals surface area contributed by atoms with E-state index in [0.717, 1.165) is 31.1 Å². The third-order valence-corrected chi connectivity index (χ3v) is 4.93. The number of carbonyl (C=O) groups excluding carboxylic acids is 2. The molecule has 3 rings (SSSR count). The molecule has 0 saturated heterocycles. The lowest BCUT2D eigenvalue weighted by molar-refractivity contribution is -0.385. The molecule has 2 aromatic carbocycles. The van der Waals surface area contributed by atoms with Crippen LogP contribution < -0.4 is 15.8 Å². The summed E-state index contributed by atoms with van der Waals surface area (Å²) in [6.07, 6.45) is 1.94. The van der Waals surface area contributed by atoms with Gasteiger partial charge in [-0.1, -0.05) is 18.2 Å². The molecular formula is C18H17BrN4O4. The Labute approximate surface area is 163 Å². The Morgan fingerprint density at radius 3 is 2.74 bits per heavy atom. The van der Waals surface area contributed by atoms with E-state index in [1.54, 1.807) is 0 Å². The van der Waals surface area contributed by atoms with Crippen molar-refractivity contribution in [2.45, 2.75) is 12.8 Å². The van der Waals surface area contributed by atoms with Gasteiger partial charge in [0.25, 0.3) is 17.5 Å². The van der Waals surface area contributed by atoms with Crippen molar-refractivity contribution in [1.29, 1.82) is 0 Å². The predicted molar refractivity (Wildman–Crippen MR) is 103 cm³/mol. The number of nitrogens with zero attached hydrogens (tertiary/aromatic N) is 2. The van der Waals surface area contributed by atoms with Crippen molar-refractivity contribution < 1.29 is 14.5 Å². The molecule has 0 bridgehead atoms. The highest BCUT2D eigenvalue weighted by Gasteiger charge is 2.20. The zero-order chi connectivity index (χ0) is 19.4. The van der Waals surface area contributed by atoms with Crippen molar-refractivity contribution in [2.75, 3.05) is 18.0 Å². The van der Waals surface area contributed by atoms with Crippen molar-refractivity contribution in [1.82, 2.24) is 10.9 Å². The molecule has 0 spiro atoms. The molecule has 1 aliphatic rings. The van der Waals surface area contributed by atoms with Crippen LogP contribution in [0.5, 0.6) is 0 Å². The van der Waals surface area contributed by atoms with Crippen LogP contribution in [0.3, 0.4) is 0 Å². The molecule has 0 atom stereocenters. The highest BCUT2D eigenvalue weighted by atomic mass is 79.9. The Balaban J connectivity index is 1.59. The fourth-order valence-corrected chi connectivity index (χ4v) is 3.37. The van der Waals surface area contributed by atoms with Crippen LogP contribution in [-0.4, -0.2) is 29.8 Å². The first kappa shape index (κ1) is 18.8. The number of anilines is 1. The topological polar surface area (TPSA) is 105 Å². The molecule has 9 heteroatoms. The number of fused-ring (bicyclic) bond motifs is 1. The van der Waals surface area contributed by atoms with E-state index in [9.17, 15) is 19.7 Å². The lowest BCUT2D eigenvalue weighted by Crippen LogP contribution is -2.47. The number of amides is 2. The molecule has 1 aliphatic heterocycles. The van der Waals surface area contributed by atoms with Crippen molar-refractivity contribution >= 4 is 39.1 Å². The van der Waals surface area contributed by atoms with Gasteiger partial charge in [0.1, 0.15) is 0 Å². The molecule has 0 saturated carbocycles. The van der Waals surface area contributed by atoms with E-state index in [1.807, 2.05) is 29.2 Å². The summed E-state index contributed by atoms with van der Waals surface area (Å²) in [7, 11) is 0. The molecule has 140 valence electrons. The average molecular weight is 433 g/mol. The standard InChI is InChI=1S/C18H17BrN4O4/c19-14-8-7-13(10-16(14)23(26)27)18(25)21-20-17(24)11-22-9-3-5-12-4-1-2-6-15(12)22/h1-2,4,6-8,10H,3,5,9,11H2,(H,20,24)(H,21,25). The van der Waals surface area contributed by atoms with E-state index in [1.165, 1.54) is 17.7 Å². The quantitative estimate of drug-likeness (QED) is 0.570. The summed E-state index contributed by atoms with van der Waals surface area (Å²) >= 11 is 3.06. The zero-order valence-corrected chi connectivity index (χ0v) is 15.9. The van der Waals surface area contributed by atoms with Gasteiger partial charge < -0.3 is 4.90 Å². The first-order valence-corrected chi connectivity index (χ1v) is 9.11. The van der Waals surface area contributed by atoms with Crippen LogP contribution in [0.2, 0.25) is 0 Å². The summed E-state index contributed by atoms with van der Waals surface area (Å²) < 4.78 is 0.275. The number of carbonyl (C=O) groups is 2. The fourth-order valence-electron chi connectivity index (χ4n) is 2.98. The number of benzene rings is 2. The number of hydrogen-bond donors (Lipinski definition) is 2. The van der Waals surface area contributed by atoms with Crippen molar-refractivity contribution in [2.24, 2.45) is 0 Å². The van der Waals surface area contributed by atoms with E-state index in [4.69, 9.17) is 0 Å². The number of nitrogens with one attached hydrogen (secondary N) is 2. The molecule has 0 radical (unpaired) electrons. The minimum atomic E-state index is -0.627. The Hall–Kier alpha value is -2.94. The van der Waals surface area contributed by atoms with Gasteiger partial charge in [0.15, 0.2) is 0 Å². The van der Waals surface area contributed by atoms with Crippen LogP contribution in [0.25, 0.3) is 0 Å². The number of para-hydroxylation sites is 1. The van der Waals surface area contributed by atoms with E-state index < -0.39 is 10.8 Å². The van der Waals surface area contributed by atoms with Gasteiger partial charge in [0, 0.05) is 23.9 Å². The van der Waals surface area contributed by atoms with E-state index in [-0.39, 0.29) is 28.2 Å². The number of hydrazine groups is 1. The largest absolute Gasteiger partial charge is 0.362 e. The number of rotatable bonds is 4. The second kappa shape index (κ2) is 8.17. The lowest BCUT2D eigenvalue weighted by atomic mass is 10.0. The summed E-state index contributed by atoms with van der Waals surface area (Å²) in [5.41, 5.74) is 6.73. The van der Waals surface area contributed by atoms with Gasteiger partial charge in [-0.05, 0) is 52.5 Å². The van der Waals surface area contributed by atoms with Crippen LogP contribution >= 0.6 is 15.9 Å². The van der Waals surface area contributed by atoms with Gasteiger partial charge in [-0.15, -0.1) is 0 Å². The monoisotopic (exact) mass is 432 g/mol. The number of nitro groups is 1. The summed E-state index contributed by atoms with van der Waals surface area (Å²) in [5, 5.41) is 11.0. The second-order valence-electron chi connectivity index (χ2n) is 6.08. The summed E-state index contributed by atoms with van der Waals surface area (Å²) in [6.45, 7) is 0.870. The number of halogens is 1. The third kappa shape index (κ3) is 4.43. The smallest absolute Gasteiger partial charge is 0.284 e. The minimum Gasteiger partial charge on any atom is -0.362 e. The fraction of sp³-hybridized carbons (Fsp3) is 0.222. The van der Waals surface area contributed by atoms with Crippen LogP contribution in [-0.2, 0) is 11.2 Å². The molecule has 0 fully saturated rings. The van der Waals surface area contributed by atoms with Crippen molar-refractivity contribution in [3.63, 3.8) is 0 Å². The first-order valence-electron chi connectivity index (χ1n) is 8.31. The maximum absolute atomic E-state index is 12.2. The zero-order valence-electron chi connectivity index (χ0n) is 14.3. The van der Waals surface area contributed by atoms with Gasteiger partial charge in [-0.2, -0.15) is 0 Å². The molecule has 2 amide bonds. The summed E-state index contributed by atoms with van der Waals surface area (Å²) in [4.78, 5) is 36.7. The van der Waals surface area contributed by atoms with E-state index >= 15 is 0 Å². The van der Waals surface area contributed by atoms with Gasteiger partial charge in [-0.25, -0.2) is 0 Å². The van der Waals surface area contributed by atoms with Gasteiger partial charge >= 0.3 is 0 Å². The SMILES string of the molecule is O=C(CN1CCCc2ccccc21)NNC(=O)c1ccc(Br)c([N+](=O)[O-])c1. The molecule has 2 aromatic rings. The predicted octanol–water partition coefficient (Wildman–Crippen LogP) is 2.57. The van der Waals surface area contributed by atoms with Crippen molar-refractivity contribution in [3.05, 3.63) is 68.2 Å². The molecule has 2 N–H and O–H groups in total. The molecular weight excluding hydrogens is 416 g/mol. The maximum atomic E-state index is 12.2. The van der Waals surface area contributed by atoms with Crippen LogP contribution in [0, 0.1) is 10.1 Å².